The summed E-state index contributed by atoms with van der Waals surface area (Å²) >= 11 is 3.78. The van der Waals surface area contributed by atoms with Crippen LogP contribution in [0.5, 0.6) is 0 Å². The van der Waals surface area contributed by atoms with Crippen LogP contribution in [-0.2, 0) is 0 Å². The number of hydrogen-bond acceptors (Lipinski definition) is 3. The molecule has 0 saturated heterocycles. The van der Waals surface area contributed by atoms with Crippen molar-refractivity contribution in [1.82, 2.24) is 4.57 Å². The van der Waals surface area contributed by atoms with E-state index in [1.54, 1.807) is 0 Å². The van der Waals surface area contributed by atoms with Gasteiger partial charge in [-0.15, -0.1) is 22.7 Å². The number of nitrogens with zero attached hydrogens (tertiary/aromatic N) is 2. The molecule has 262 valence electrons. The van der Waals surface area contributed by atoms with Gasteiger partial charge in [-0.25, -0.2) is 0 Å². The number of aromatic nitrogens is 1. The lowest BCUT2D eigenvalue weighted by atomic mass is 10.0. The van der Waals surface area contributed by atoms with Gasteiger partial charge in [0.05, 0.1) is 11.0 Å². The Morgan fingerprint density at radius 2 is 0.839 bits per heavy atom. The molecule has 0 aliphatic rings. The fourth-order valence-corrected chi connectivity index (χ4v) is 11.1. The molecule has 3 aromatic heterocycles. The summed E-state index contributed by atoms with van der Waals surface area (Å²) in [6, 6.07) is 71.1. The molecule has 12 rings (SSSR count). The lowest BCUT2D eigenvalue weighted by molar-refractivity contribution is 1.18. The monoisotopic (exact) mass is 748 g/mol. The van der Waals surface area contributed by atoms with E-state index in [2.05, 4.69) is 204 Å². The minimum atomic E-state index is 1.12. The largest absolute Gasteiger partial charge is 0.310 e. The van der Waals surface area contributed by atoms with Gasteiger partial charge in [0.15, 0.2) is 0 Å². The van der Waals surface area contributed by atoms with E-state index < -0.39 is 0 Å². The summed E-state index contributed by atoms with van der Waals surface area (Å²) in [5, 5.41) is 10.5. The van der Waals surface area contributed by atoms with E-state index in [0.29, 0.717) is 0 Å². The van der Waals surface area contributed by atoms with Crippen LogP contribution in [-0.4, -0.2) is 4.57 Å². The van der Waals surface area contributed by atoms with Crippen LogP contribution in [0.3, 0.4) is 0 Å². The van der Waals surface area contributed by atoms with Crippen LogP contribution in [0.15, 0.2) is 194 Å². The summed E-state index contributed by atoms with van der Waals surface area (Å²) < 4.78 is 7.81. The molecule has 12 aromatic rings. The highest BCUT2D eigenvalue weighted by Crippen LogP contribution is 2.48. The Kier molecular flexibility index (Phi) is 7.00. The Bertz CT molecular complexity index is 3330. The molecule has 0 aliphatic carbocycles. The smallest absolute Gasteiger partial charge is 0.0548 e. The van der Waals surface area contributed by atoms with E-state index in [4.69, 9.17) is 0 Å². The van der Waals surface area contributed by atoms with Crippen molar-refractivity contribution in [2.24, 2.45) is 0 Å². The van der Waals surface area contributed by atoms with Crippen LogP contribution in [0.25, 0.3) is 89.7 Å². The third-order valence-corrected chi connectivity index (χ3v) is 13.6. The van der Waals surface area contributed by atoms with Crippen molar-refractivity contribution in [1.29, 1.82) is 0 Å². The van der Waals surface area contributed by atoms with Gasteiger partial charge in [0.25, 0.3) is 0 Å². The van der Waals surface area contributed by atoms with Crippen molar-refractivity contribution < 1.29 is 0 Å². The predicted molar refractivity (Wildman–Crippen MR) is 244 cm³/mol. The van der Waals surface area contributed by atoms with Crippen LogP contribution < -0.4 is 4.90 Å². The molecule has 0 bridgehead atoms. The van der Waals surface area contributed by atoms with E-state index in [-0.39, 0.29) is 0 Å². The highest BCUT2D eigenvalue weighted by Gasteiger charge is 2.22. The van der Waals surface area contributed by atoms with Gasteiger partial charge in [-0.1, -0.05) is 109 Å². The number of para-hydroxylation sites is 1. The molecule has 0 spiro atoms. The number of hydrogen-bond donors (Lipinski definition) is 0. The molecular formula is C52H32N2S2. The Morgan fingerprint density at radius 3 is 1.46 bits per heavy atom. The maximum atomic E-state index is 2.48. The highest BCUT2D eigenvalue weighted by molar-refractivity contribution is 7.26. The Hall–Kier alpha value is -6.72. The molecule has 3 heterocycles. The SMILES string of the molecule is c1ccc(N(c2ccc(-c3ccc(-n4c5ccc6sc7ccccc7c6c5c5c6c(ccc54)sc4ccccc46)cc3)cc2)c2ccc3ccccc3c2)cc1. The molecule has 0 atom stereocenters. The molecule has 0 aliphatic heterocycles. The molecule has 0 amide bonds. The quantitative estimate of drug-likeness (QED) is 0.170. The molecule has 56 heavy (non-hydrogen) atoms. The molecule has 0 radical (unpaired) electrons. The van der Waals surface area contributed by atoms with Crippen molar-refractivity contribution in [3.8, 4) is 16.8 Å². The number of thiophene rings is 2. The van der Waals surface area contributed by atoms with Gasteiger partial charge in [0.2, 0.25) is 0 Å². The van der Waals surface area contributed by atoms with Crippen LogP contribution in [0.4, 0.5) is 17.1 Å². The van der Waals surface area contributed by atoms with Gasteiger partial charge in [-0.2, -0.15) is 0 Å². The number of anilines is 3. The van der Waals surface area contributed by atoms with E-state index in [1.807, 2.05) is 22.7 Å². The van der Waals surface area contributed by atoms with Crippen molar-refractivity contribution >= 4 is 113 Å². The minimum absolute atomic E-state index is 1.12. The maximum Gasteiger partial charge on any atom is 0.0548 e. The predicted octanol–water partition coefficient (Wildman–Crippen LogP) is 15.8. The number of fused-ring (bicyclic) bond motifs is 12. The topological polar surface area (TPSA) is 8.17 Å². The Morgan fingerprint density at radius 1 is 0.339 bits per heavy atom. The summed E-state index contributed by atoms with van der Waals surface area (Å²) in [6.07, 6.45) is 0. The maximum absolute atomic E-state index is 2.48. The highest BCUT2D eigenvalue weighted by atomic mass is 32.1. The van der Waals surface area contributed by atoms with E-state index in [1.165, 1.54) is 84.0 Å². The molecule has 0 fully saturated rings. The second-order valence-corrected chi connectivity index (χ2v) is 16.7. The summed E-state index contributed by atoms with van der Waals surface area (Å²) in [6.45, 7) is 0. The average Bonchev–Trinajstić information content (AvgIpc) is 3.94. The van der Waals surface area contributed by atoms with E-state index in [9.17, 15) is 0 Å². The van der Waals surface area contributed by atoms with Crippen molar-refractivity contribution in [2.75, 3.05) is 4.90 Å². The summed E-state index contributed by atoms with van der Waals surface area (Å²) in [4.78, 5) is 2.34. The standard InChI is InChI=1S/C52H32N2S2/c1-2-12-37(13-3-1)53(40-27-22-33-10-4-5-11-36(33)32-40)38-23-18-34(19-24-38)35-20-25-39(26-21-35)54-43-28-30-47-49(41-14-6-8-16-45(41)55-47)51(43)52-44(54)29-31-48-50(52)42-15-7-9-17-46(42)56-48/h1-32H. The van der Waals surface area contributed by atoms with Gasteiger partial charge in [0.1, 0.15) is 0 Å². The zero-order valence-corrected chi connectivity index (χ0v) is 31.8. The van der Waals surface area contributed by atoms with E-state index in [0.717, 1.165) is 22.7 Å². The number of rotatable bonds is 5. The van der Waals surface area contributed by atoms with Crippen LogP contribution in [0.2, 0.25) is 0 Å². The van der Waals surface area contributed by atoms with Gasteiger partial charge >= 0.3 is 0 Å². The molecule has 9 aromatic carbocycles. The first-order valence-electron chi connectivity index (χ1n) is 19.0. The van der Waals surface area contributed by atoms with Gasteiger partial charge in [-0.05, 0) is 107 Å². The molecule has 4 heteroatoms. The second-order valence-electron chi connectivity index (χ2n) is 14.5. The minimum Gasteiger partial charge on any atom is -0.310 e. The first kappa shape index (κ1) is 31.6. The van der Waals surface area contributed by atoms with Gasteiger partial charge in [0, 0.05) is 73.9 Å². The van der Waals surface area contributed by atoms with Crippen LogP contribution >= 0.6 is 22.7 Å². The second kappa shape index (κ2) is 12.4. The Balaban J connectivity index is 0.994. The van der Waals surface area contributed by atoms with Crippen molar-refractivity contribution in [3.05, 3.63) is 194 Å². The van der Waals surface area contributed by atoms with E-state index >= 15 is 0 Å². The van der Waals surface area contributed by atoms with Crippen molar-refractivity contribution in [2.45, 2.75) is 0 Å². The molecule has 2 nitrogen and oxygen atoms in total. The van der Waals surface area contributed by atoms with Gasteiger partial charge in [-0.3, -0.25) is 0 Å². The molecule has 0 N–H and O–H groups in total. The first-order chi connectivity index (χ1) is 27.8. The lowest BCUT2D eigenvalue weighted by Crippen LogP contribution is -2.09. The van der Waals surface area contributed by atoms with Crippen molar-refractivity contribution in [3.63, 3.8) is 0 Å². The van der Waals surface area contributed by atoms with Gasteiger partial charge < -0.3 is 9.47 Å². The third-order valence-electron chi connectivity index (χ3n) is 11.4. The fraction of sp³-hybridized carbons (Fsp3) is 0. The molecule has 0 saturated carbocycles. The first-order valence-corrected chi connectivity index (χ1v) is 20.6. The molecule has 0 unspecified atom stereocenters. The fourth-order valence-electron chi connectivity index (χ4n) is 8.84. The summed E-state index contributed by atoms with van der Waals surface area (Å²) in [7, 11) is 0. The Labute approximate surface area is 331 Å². The summed E-state index contributed by atoms with van der Waals surface area (Å²) in [5.74, 6) is 0. The average molecular weight is 749 g/mol. The zero-order chi connectivity index (χ0) is 36.7. The molecular weight excluding hydrogens is 717 g/mol. The zero-order valence-electron chi connectivity index (χ0n) is 30.2. The third kappa shape index (κ3) is 4.80. The lowest BCUT2D eigenvalue weighted by Gasteiger charge is -2.26. The normalized spacial score (nSPS) is 11.9. The van der Waals surface area contributed by atoms with Crippen LogP contribution in [0, 0.1) is 0 Å². The van der Waals surface area contributed by atoms with Crippen LogP contribution in [0.1, 0.15) is 0 Å². The summed E-state index contributed by atoms with van der Waals surface area (Å²) in [5.41, 5.74) is 9.41. The number of benzene rings is 9.